The molecule has 15 heavy (non-hydrogen) atoms. The molecule has 3 heteroatoms. The predicted molar refractivity (Wildman–Crippen MR) is 62.1 cm³/mol. The average Bonchev–Trinajstić information content (AvgIpc) is 2.85. The van der Waals surface area contributed by atoms with E-state index in [-0.39, 0.29) is 5.41 Å². The van der Waals surface area contributed by atoms with Crippen molar-refractivity contribution in [1.29, 1.82) is 0 Å². The first-order valence-electron chi connectivity index (χ1n) is 5.90. The van der Waals surface area contributed by atoms with Gasteiger partial charge in [0, 0.05) is 29.9 Å². The Morgan fingerprint density at radius 3 is 3.07 bits per heavy atom. The SMILES string of the molecule is CCC(C)n1cncc1C1(C)CCNC1. The summed E-state index contributed by atoms with van der Waals surface area (Å²) >= 11 is 0. The van der Waals surface area contributed by atoms with Crippen LogP contribution in [0.4, 0.5) is 0 Å². The molecule has 1 aromatic rings. The summed E-state index contributed by atoms with van der Waals surface area (Å²) < 4.78 is 2.34. The molecule has 0 aromatic carbocycles. The minimum atomic E-state index is 0.278. The van der Waals surface area contributed by atoms with E-state index in [0.29, 0.717) is 6.04 Å². The minimum absolute atomic E-state index is 0.278. The van der Waals surface area contributed by atoms with E-state index in [9.17, 15) is 0 Å². The molecule has 3 nitrogen and oxygen atoms in total. The molecule has 2 heterocycles. The molecule has 0 aliphatic carbocycles. The molecule has 84 valence electrons. The third-order valence-corrected chi connectivity index (χ3v) is 3.72. The largest absolute Gasteiger partial charge is 0.331 e. The minimum Gasteiger partial charge on any atom is -0.331 e. The van der Waals surface area contributed by atoms with Crippen LogP contribution in [0.3, 0.4) is 0 Å². The molecule has 2 unspecified atom stereocenters. The Labute approximate surface area is 91.9 Å². The van der Waals surface area contributed by atoms with E-state index >= 15 is 0 Å². The van der Waals surface area contributed by atoms with Gasteiger partial charge >= 0.3 is 0 Å². The lowest BCUT2D eigenvalue weighted by Gasteiger charge is -2.26. The van der Waals surface area contributed by atoms with Crippen LogP contribution in [0.25, 0.3) is 0 Å². The van der Waals surface area contributed by atoms with Gasteiger partial charge in [-0.15, -0.1) is 0 Å². The molecule has 2 atom stereocenters. The molecule has 0 spiro atoms. The summed E-state index contributed by atoms with van der Waals surface area (Å²) in [5, 5.41) is 3.44. The second-order valence-corrected chi connectivity index (χ2v) is 4.93. The van der Waals surface area contributed by atoms with Crippen LogP contribution in [0, 0.1) is 0 Å². The van der Waals surface area contributed by atoms with Gasteiger partial charge in [-0.3, -0.25) is 0 Å². The van der Waals surface area contributed by atoms with Crippen LogP contribution in [-0.2, 0) is 5.41 Å². The zero-order valence-electron chi connectivity index (χ0n) is 9.95. The number of aromatic nitrogens is 2. The number of hydrogen-bond donors (Lipinski definition) is 1. The molecule has 0 amide bonds. The molecule has 2 rings (SSSR count). The molecule has 0 saturated carbocycles. The highest BCUT2D eigenvalue weighted by Gasteiger charge is 2.33. The van der Waals surface area contributed by atoms with Crippen molar-refractivity contribution in [3.8, 4) is 0 Å². The maximum atomic E-state index is 4.32. The van der Waals surface area contributed by atoms with Crippen molar-refractivity contribution >= 4 is 0 Å². The molecule has 1 aromatic heterocycles. The summed E-state index contributed by atoms with van der Waals surface area (Å²) in [4.78, 5) is 4.32. The van der Waals surface area contributed by atoms with Gasteiger partial charge in [-0.1, -0.05) is 13.8 Å². The van der Waals surface area contributed by atoms with E-state index in [2.05, 4.69) is 35.6 Å². The van der Waals surface area contributed by atoms with E-state index in [4.69, 9.17) is 0 Å². The summed E-state index contributed by atoms with van der Waals surface area (Å²) in [6.45, 7) is 9.03. The summed E-state index contributed by atoms with van der Waals surface area (Å²) in [5.41, 5.74) is 1.67. The Bertz CT molecular complexity index is 323. The van der Waals surface area contributed by atoms with Crippen LogP contribution in [0.15, 0.2) is 12.5 Å². The first kappa shape index (κ1) is 10.7. The van der Waals surface area contributed by atoms with Gasteiger partial charge in [-0.25, -0.2) is 4.98 Å². The maximum Gasteiger partial charge on any atom is 0.0950 e. The molecule has 1 N–H and O–H groups in total. The van der Waals surface area contributed by atoms with Crippen LogP contribution in [0.5, 0.6) is 0 Å². The number of hydrogen-bond acceptors (Lipinski definition) is 2. The van der Waals surface area contributed by atoms with Gasteiger partial charge in [-0.05, 0) is 26.3 Å². The van der Waals surface area contributed by atoms with Crippen molar-refractivity contribution in [3.05, 3.63) is 18.2 Å². The number of nitrogens with zero attached hydrogens (tertiary/aromatic N) is 2. The summed E-state index contributed by atoms with van der Waals surface area (Å²) in [6, 6.07) is 0.555. The normalized spacial score (nSPS) is 28.2. The fourth-order valence-corrected chi connectivity index (χ4v) is 2.36. The highest BCUT2D eigenvalue weighted by atomic mass is 15.1. The Kier molecular flexibility index (Phi) is 2.83. The van der Waals surface area contributed by atoms with Gasteiger partial charge in [0.25, 0.3) is 0 Å². The summed E-state index contributed by atoms with van der Waals surface area (Å²) in [5.74, 6) is 0. The Hall–Kier alpha value is -0.830. The van der Waals surface area contributed by atoms with Gasteiger partial charge in [0.05, 0.1) is 6.33 Å². The maximum absolute atomic E-state index is 4.32. The Morgan fingerprint density at radius 2 is 2.47 bits per heavy atom. The lowest BCUT2D eigenvalue weighted by Crippen LogP contribution is -2.28. The highest BCUT2D eigenvalue weighted by molar-refractivity contribution is 5.17. The van der Waals surface area contributed by atoms with Gasteiger partial charge in [-0.2, -0.15) is 0 Å². The summed E-state index contributed by atoms with van der Waals surface area (Å²) in [6.07, 6.45) is 6.40. The monoisotopic (exact) mass is 207 g/mol. The van der Waals surface area contributed by atoms with Crippen molar-refractivity contribution in [2.75, 3.05) is 13.1 Å². The Balaban J connectivity index is 2.31. The predicted octanol–water partition coefficient (Wildman–Crippen LogP) is 2.11. The first-order chi connectivity index (χ1) is 7.17. The van der Waals surface area contributed by atoms with Crippen LogP contribution in [-0.4, -0.2) is 22.6 Å². The molecular weight excluding hydrogens is 186 g/mol. The lowest BCUT2D eigenvalue weighted by molar-refractivity contribution is 0.431. The fraction of sp³-hybridized carbons (Fsp3) is 0.750. The van der Waals surface area contributed by atoms with E-state index in [1.807, 2.05) is 12.5 Å². The van der Waals surface area contributed by atoms with Crippen LogP contribution >= 0.6 is 0 Å². The van der Waals surface area contributed by atoms with E-state index in [0.717, 1.165) is 19.5 Å². The number of imidazole rings is 1. The molecule has 1 aliphatic heterocycles. The second kappa shape index (κ2) is 3.97. The van der Waals surface area contributed by atoms with Crippen molar-refractivity contribution in [2.45, 2.75) is 45.1 Å². The van der Waals surface area contributed by atoms with Crippen molar-refractivity contribution in [1.82, 2.24) is 14.9 Å². The average molecular weight is 207 g/mol. The molecular formula is C12H21N3. The fourth-order valence-electron chi connectivity index (χ4n) is 2.36. The quantitative estimate of drug-likeness (QED) is 0.822. The van der Waals surface area contributed by atoms with E-state index in [1.165, 1.54) is 12.1 Å². The molecule has 1 saturated heterocycles. The lowest BCUT2D eigenvalue weighted by atomic mass is 9.86. The third-order valence-electron chi connectivity index (χ3n) is 3.72. The van der Waals surface area contributed by atoms with Crippen LogP contribution < -0.4 is 5.32 Å². The Morgan fingerprint density at radius 1 is 1.67 bits per heavy atom. The van der Waals surface area contributed by atoms with E-state index in [1.54, 1.807) is 0 Å². The zero-order valence-corrected chi connectivity index (χ0v) is 9.95. The molecule has 1 fully saturated rings. The van der Waals surface area contributed by atoms with Gasteiger partial charge in [0.2, 0.25) is 0 Å². The van der Waals surface area contributed by atoms with Crippen molar-refractivity contribution < 1.29 is 0 Å². The van der Waals surface area contributed by atoms with Crippen LogP contribution in [0.1, 0.15) is 45.3 Å². The standard InChI is InChI=1S/C12H21N3/c1-4-10(2)15-9-14-7-11(15)12(3)5-6-13-8-12/h7,9-10,13H,4-6,8H2,1-3H3. The smallest absolute Gasteiger partial charge is 0.0950 e. The number of rotatable bonds is 3. The second-order valence-electron chi connectivity index (χ2n) is 4.93. The van der Waals surface area contributed by atoms with Crippen molar-refractivity contribution in [3.63, 3.8) is 0 Å². The van der Waals surface area contributed by atoms with Crippen LogP contribution in [0.2, 0.25) is 0 Å². The first-order valence-corrected chi connectivity index (χ1v) is 5.90. The molecule has 0 radical (unpaired) electrons. The zero-order chi connectivity index (χ0) is 10.9. The van der Waals surface area contributed by atoms with Gasteiger partial charge in [0.1, 0.15) is 0 Å². The third kappa shape index (κ3) is 1.81. The van der Waals surface area contributed by atoms with Gasteiger partial charge < -0.3 is 9.88 Å². The van der Waals surface area contributed by atoms with Gasteiger partial charge in [0.15, 0.2) is 0 Å². The topological polar surface area (TPSA) is 29.9 Å². The highest BCUT2D eigenvalue weighted by Crippen LogP contribution is 2.31. The van der Waals surface area contributed by atoms with Crippen molar-refractivity contribution in [2.24, 2.45) is 0 Å². The summed E-state index contributed by atoms with van der Waals surface area (Å²) in [7, 11) is 0. The van der Waals surface area contributed by atoms with E-state index < -0.39 is 0 Å². The molecule has 0 bridgehead atoms. The number of nitrogens with one attached hydrogen (secondary N) is 1. The molecule has 1 aliphatic rings.